The Hall–Kier alpha value is -3.02. The van der Waals surface area contributed by atoms with E-state index in [0.717, 1.165) is 11.3 Å². The molecule has 0 aliphatic rings. The highest BCUT2D eigenvalue weighted by atomic mass is 16.5. The zero-order valence-corrected chi connectivity index (χ0v) is 15.9. The van der Waals surface area contributed by atoms with Crippen LogP contribution in [0.3, 0.4) is 0 Å². The number of carbonyl (C=O) groups excluding carboxylic acids is 1. The molecule has 0 heterocycles. The van der Waals surface area contributed by atoms with Gasteiger partial charge in [-0.2, -0.15) is 0 Å². The van der Waals surface area contributed by atoms with E-state index >= 15 is 0 Å². The predicted molar refractivity (Wildman–Crippen MR) is 105 cm³/mol. The molecule has 0 bridgehead atoms. The van der Waals surface area contributed by atoms with Crippen LogP contribution in [0.25, 0.3) is 0 Å². The fraction of sp³-hybridized carbons (Fsp3) is 0.333. The topological polar surface area (TPSA) is 78.9 Å². The Balaban J connectivity index is 2.12. The minimum Gasteiger partial charge on any atom is -0.497 e. The lowest BCUT2D eigenvalue weighted by Gasteiger charge is -2.26. The zero-order chi connectivity index (χ0) is 19.8. The molecule has 0 radical (unpaired) electrons. The number of hydrogen-bond acceptors (Lipinski definition) is 4. The highest BCUT2D eigenvalue weighted by Gasteiger charge is 2.21. The lowest BCUT2D eigenvalue weighted by atomic mass is 9.96. The standard InChI is InChI=1S/C21H26N2O4/c1-15(2)21(16-9-11-18(27-3)12-10-16)22-19(24)13-23(14-20(25)26)17-7-5-4-6-8-17/h4-12,15,21H,13-14H2,1-3H3,(H,22,24)(H,25,26). The van der Waals surface area contributed by atoms with Crippen LogP contribution in [0.15, 0.2) is 54.6 Å². The highest BCUT2D eigenvalue weighted by molar-refractivity contribution is 5.84. The van der Waals surface area contributed by atoms with Crippen molar-refractivity contribution in [2.45, 2.75) is 19.9 Å². The molecule has 0 saturated carbocycles. The van der Waals surface area contributed by atoms with Crippen LogP contribution in [0.2, 0.25) is 0 Å². The second kappa shape index (κ2) is 9.62. The number of carbonyl (C=O) groups is 2. The maximum Gasteiger partial charge on any atom is 0.323 e. The number of para-hydroxylation sites is 1. The van der Waals surface area contributed by atoms with Crippen molar-refractivity contribution in [2.75, 3.05) is 25.1 Å². The van der Waals surface area contributed by atoms with Gasteiger partial charge in [0, 0.05) is 5.69 Å². The molecule has 144 valence electrons. The monoisotopic (exact) mass is 370 g/mol. The van der Waals surface area contributed by atoms with Crippen LogP contribution in [0.1, 0.15) is 25.5 Å². The molecule has 1 atom stereocenters. The summed E-state index contributed by atoms with van der Waals surface area (Å²) in [5.74, 6) is -0.284. The van der Waals surface area contributed by atoms with Gasteiger partial charge in [0.25, 0.3) is 0 Å². The van der Waals surface area contributed by atoms with Crippen LogP contribution in [0.4, 0.5) is 5.69 Å². The Morgan fingerprint density at radius 1 is 1.04 bits per heavy atom. The number of amides is 1. The Kier molecular flexibility index (Phi) is 7.23. The third-order valence-corrected chi connectivity index (χ3v) is 4.24. The number of carboxylic acids is 1. The van der Waals surface area contributed by atoms with E-state index in [0.29, 0.717) is 5.69 Å². The number of methoxy groups -OCH3 is 1. The van der Waals surface area contributed by atoms with Gasteiger partial charge in [0.2, 0.25) is 5.91 Å². The summed E-state index contributed by atoms with van der Waals surface area (Å²) in [6.45, 7) is 3.78. The third-order valence-electron chi connectivity index (χ3n) is 4.24. The molecule has 2 N–H and O–H groups in total. The molecular weight excluding hydrogens is 344 g/mol. The summed E-state index contributed by atoms with van der Waals surface area (Å²) in [7, 11) is 1.61. The number of nitrogens with zero attached hydrogens (tertiary/aromatic N) is 1. The SMILES string of the molecule is COc1ccc(C(NC(=O)CN(CC(=O)O)c2ccccc2)C(C)C)cc1. The molecule has 0 fully saturated rings. The lowest BCUT2D eigenvalue weighted by molar-refractivity contribution is -0.135. The molecule has 6 heteroatoms. The van der Waals surface area contributed by atoms with Crippen molar-refractivity contribution < 1.29 is 19.4 Å². The van der Waals surface area contributed by atoms with Gasteiger partial charge < -0.3 is 20.1 Å². The van der Waals surface area contributed by atoms with Crippen LogP contribution in [-0.4, -0.2) is 37.2 Å². The summed E-state index contributed by atoms with van der Waals surface area (Å²) in [5.41, 5.74) is 1.67. The molecule has 1 unspecified atom stereocenters. The Bertz CT molecular complexity index is 745. The molecule has 0 saturated heterocycles. The third kappa shape index (κ3) is 6.02. The maximum atomic E-state index is 12.6. The van der Waals surface area contributed by atoms with Crippen molar-refractivity contribution in [1.29, 1.82) is 0 Å². The Labute approximate surface area is 159 Å². The van der Waals surface area contributed by atoms with Crippen molar-refractivity contribution >= 4 is 17.6 Å². The van der Waals surface area contributed by atoms with Gasteiger partial charge in [0.05, 0.1) is 19.7 Å². The molecule has 1 amide bonds. The van der Waals surface area contributed by atoms with Crippen LogP contribution in [-0.2, 0) is 9.59 Å². The van der Waals surface area contributed by atoms with Crippen LogP contribution < -0.4 is 15.0 Å². The number of hydrogen-bond donors (Lipinski definition) is 2. The van der Waals surface area contributed by atoms with E-state index in [1.165, 1.54) is 0 Å². The smallest absolute Gasteiger partial charge is 0.323 e. The number of anilines is 1. The van der Waals surface area contributed by atoms with Gasteiger partial charge in [-0.1, -0.05) is 44.2 Å². The molecule has 0 aliphatic heterocycles. The van der Waals surface area contributed by atoms with Crippen molar-refractivity contribution in [1.82, 2.24) is 5.32 Å². The highest BCUT2D eigenvalue weighted by Crippen LogP contribution is 2.24. The second-order valence-corrected chi connectivity index (χ2v) is 6.65. The van der Waals surface area contributed by atoms with Crippen LogP contribution >= 0.6 is 0 Å². The molecule has 27 heavy (non-hydrogen) atoms. The first-order valence-electron chi connectivity index (χ1n) is 8.85. The average Bonchev–Trinajstić information content (AvgIpc) is 2.66. The summed E-state index contributed by atoms with van der Waals surface area (Å²) in [4.78, 5) is 25.4. The summed E-state index contributed by atoms with van der Waals surface area (Å²) >= 11 is 0. The van der Waals surface area contributed by atoms with Crippen molar-refractivity contribution in [2.24, 2.45) is 5.92 Å². The number of carboxylic acid groups (broad SMARTS) is 1. The van der Waals surface area contributed by atoms with E-state index in [1.807, 2.05) is 56.3 Å². The molecular formula is C21H26N2O4. The van der Waals surface area contributed by atoms with Gasteiger partial charge in [-0.25, -0.2) is 0 Å². The number of ether oxygens (including phenoxy) is 1. The largest absolute Gasteiger partial charge is 0.497 e. The molecule has 2 aromatic rings. The van der Waals surface area contributed by atoms with Gasteiger partial charge >= 0.3 is 5.97 Å². The van der Waals surface area contributed by atoms with E-state index in [4.69, 9.17) is 4.74 Å². The number of benzene rings is 2. The van der Waals surface area contributed by atoms with E-state index in [9.17, 15) is 14.7 Å². The molecule has 2 rings (SSSR count). The zero-order valence-electron chi connectivity index (χ0n) is 15.9. The Morgan fingerprint density at radius 2 is 1.67 bits per heavy atom. The van der Waals surface area contributed by atoms with E-state index in [2.05, 4.69) is 5.32 Å². The molecule has 2 aromatic carbocycles. The van der Waals surface area contributed by atoms with Gasteiger partial charge in [0.15, 0.2) is 0 Å². The fourth-order valence-corrected chi connectivity index (χ4v) is 2.88. The minimum absolute atomic E-state index is 0.0321. The van der Waals surface area contributed by atoms with Gasteiger partial charge in [-0.05, 0) is 35.7 Å². The summed E-state index contributed by atoms with van der Waals surface area (Å²) in [5, 5.41) is 12.2. The van der Waals surface area contributed by atoms with E-state index < -0.39 is 5.97 Å². The van der Waals surface area contributed by atoms with E-state index in [-0.39, 0.29) is 31.0 Å². The predicted octanol–water partition coefficient (Wildman–Crippen LogP) is 3.10. The van der Waals surface area contributed by atoms with Crippen LogP contribution in [0, 0.1) is 5.92 Å². The summed E-state index contributed by atoms with van der Waals surface area (Å²) < 4.78 is 5.18. The first-order chi connectivity index (χ1) is 12.9. The van der Waals surface area contributed by atoms with Gasteiger partial charge in [0.1, 0.15) is 12.3 Å². The Morgan fingerprint density at radius 3 is 2.19 bits per heavy atom. The van der Waals surface area contributed by atoms with Crippen LogP contribution in [0.5, 0.6) is 5.75 Å². The molecule has 6 nitrogen and oxygen atoms in total. The quantitative estimate of drug-likeness (QED) is 0.709. The molecule has 0 aliphatic carbocycles. The summed E-state index contributed by atoms with van der Waals surface area (Å²) in [6.07, 6.45) is 0. The second-order valence-electron chi connectivity index (χ2n) is 6.65. The van der Waals surface area contributed by atoms with Crippen molar-refractivity contribution in [3.63, 3.8) is 0 Å². The van der Waals surface area contributed by atoms with Crippen molar-refractivity contribution in [3.05, 3.63) is 60.2 Å². The minimum atomic E-state index is -0.984. The number of rotatable bonds is 9. The van der Waals surface area contributed by atoms with Crippen molar-refractivity contribution in [3.8, 4) is 5.75 Å². The lowest BCUT2D eigenvalue weighted by Crippen LogP contribution is -2.42. The number of aliphatic carboxylic acids is 1. The normalized spacial score (nSPS) is 11.7. The van der Waals surface area contributed by atoms with Gasteiger partial charge in [-0.15, -0.1) is 0 Å². The first kappa shape index (κ1) is 20.3. The number of nitrogens with one attached hydrogen (secondary N) is 1. The summed E-state index contributed by atoms with van der Waals surface area (Å²) in [6, 6.07) is 16.5. The average molecular weight is 370 g/mol. The molecule has 0 spiro atoms. The maximum absolute atomic E-state index is 12.6. The van der Waals surface area contributed by atoms with E-state index in [1.54, 1.807) is 24.1 Å². The first-order valence-corrected chi connectivity index (χ1v) is 8.85. The molecule has 0 aromatic heterocycles. The van der Waals surface area contributed by atoms with Gasteiger partial charge in [-0.3, -0.25) is 9.59 Å². The fourth-order valence-electron chi connectivity index (χ4n) is 2.88.